The molecule has 5 aromatic rings. The molecule has 1 aliphatic carbocycles. The van der Waals surface area contributed by atoms with Gasteiger partial charge in [0.2, 0.25) is 0 Å². The van der Waals surface area contributed by atoms with E-state index >= 15 is 0 Å². The zero-order valence-corrected chi connectivity index (χ0v) is 56.7. The zero-order valence-electron chi connectivity index (χ0n) is 50.9. The van der Waals surface area contributed by atoms with Crippen LogP contribution in [0, 0.1) is 0 Å². The summed E-state index contributed by atoms with van der Waals surface area (Å²) in [6.07, 6.45) is 17.7. The molecule has 5 aromatic carbocycles. The molecule has 0 aromatic heterocycles. The maximum absolute atomic E-state index is 5.25. The standard InChI is InChI=1S/C69H110NP2Si4/c1-13-41-73(42-14-2,43-15-3)66-37-27-33-61(55-66)71(62-34-28-38-67(56-62)74(44-16-4,45-17-5)46-18-6)70-72(65-53-59-31-25-26-32-60(59)54-65,63-35-29-39-68(57-63)75(47-19-7,48-20-8)49-21-9)64-36-30-40-69(58-64)76(50-22-10,51-23-11)52-24-12/h25-40,55-58,65,70H,13-24,41-54H2,1-12H3/q+1. The average Bonchev–Trinajstić information content (AvgIpc) is 3.91. The first-order chi connectivity index (χ1) is 37.0. The Kier molecular flexibility index (Phi) is 25.3. The molecule has 0 radical (unpaired) electrons. The molecular weight excluding hydrogens is 1020 g/mol. The minimum atomic E-state index is -2.47. The summed E-state index contributed by atoms with van der Waals surface area (Å²) in [4.78, 5) is 5.25. The van der Waals surface area contributed by atoms with E-state index < -0.39 is 47.8 Å². The number of fused-ring (bicyclic) bond motifs is 1. The third-order valence-corrected chi connectivity index (χ3v) is 49.7. The summed E-state index contributed by atoms with van der Waals surface area (Å²) >= 11 is 0. The van der Waals surface area contributed by atoms with Gasteiger partial charge in [0.25, 0.3) is 0 Å². The maximum Gasteiger partial charge on any atom is 0.153 e. The van der Waals surface area contributed by atoms with Crippen molar-refractivity contribution in [3.8, 4) is 0 Å². The lowest BCUT2D eigenvalue weighted by Gasteiger charge is -2.39. The predicted molar refractivity (Wildman–Crippen MR) is 362 cm³/mol. The van der Waals surface area contributed by atoms with Gasteiger partial charge in [-0.05, 0) is 46.0 Å². The van der Waals surface area contributed by atoms with Crippen LogP contribution < -0.4 is 46.8 Å². The van der Waals surface area contributed by atoms with Crippen LogP contribution in [0.1, 0.15) is 171 Å². The van der Waals surface area contributed by atoms with E-state index in [2.05, 4.69) is 204 Å². The van der Waals surface area contributed by atoms with E-state index in [-0.39, 0.29) is 0 Å². The Morgan fingerprint density at radius 3 is 0.882 bits per heavy atom. The van der Waals surface area contributed by atoms with Gasteiger partial charge >= 0.3 is 0 Å². The second-order valence-corrected chi connectivity index (χ2v) is 48.6. The van der Waals surface area contributed by atoms with E-state index in [1.807, 2.05) is 0 Å². The first kappa shape index (κ1) is 63.0. The molecule has 1 N–H and O–H groups in total. The number of nitrogens with one attached hydrogen (secondary N) is 1. The lowest BCUT2D eigenvalue weighted by molar-refractivity contribution is 0.909. The fourth-order valence-electron chi connectivity index (χ4n) is 16.0. The van der Waals surface area contributed by atoms with Gasteiger partial charge in [-0.25, -0.2) is 0 Å². The Labute approximate surface area is 475 Å². The summed E-state index contributed by atoms with van der Waals surface area (Å²) in [7, 11) is -10.7. The monoisotopic (exact) mass is 1130 g/mol. The quantitative estimate of drug-likeness (QED) is 0.0315. The molecule has 0 unspecified atom stereocenters. The van der Waals surface area contributed by atoms with Crippen molar-refractivity contribution in [3.63, 3.8) is 0 Å². The highest BCUT2D eigenvalue weighted by molar-refractivity contribution is 7.96. The van der Waals surface area contributed by atoms with Gasteiger partial charge in [0.05, 0.1) is 40.4 Å². The molecule has 1 aliphatic rings. The largest absolute Gasteiger partial charge is 0.154 e. The van der Waals surface area contributed by atoms with Gasteiger partial charge in [-0.15, -0.1) is 0 Å². The second-order valence-electron chi connectivity index (χ2n) is 24.3. The van der Waals surface area contributed by atoms with Gasteiger partial charge < -0.3 is 0 Å². The molecule has 0 fully saturated rings. The molecule has 1 nitrogen and oxygen atoms in total. The highest BCUT2D eigenvalue weighted by Crippen LogP contribution is 2.65. The van der Waals surface area contributed by atoms with E-state index in [4.69, 9.17) is 4.86 Å². The smallest absolute Gasteiger partial charge is 0.153 e. The summed E-state index contributed by atoms with van der Waals surface area (Å²) in [5, 5.41) is 13.4. The number of rotatable bonds is 35. The van der Waals surface area contributed by atoms with E-state index in [0.717, 1.165) is 12.8 Å². The molecule has 0 atom stereocenters. The first-order valence-electron chi connectivity index (χ1n) is 32.0. The molecule has 0 bridgehead atoms. The Bertz CT molecular complexity index is 2270. The number of hydrogen-bond donors (Lipinski definition) is 1. The van der Waals surface area contributed by atoms with Gasteiger partial charge in [0, 0.05) is 12.8 Å². The van der Waals surface area contributed by atoms with Crippen LogP contribution in [0.3, 0.4) is 0 Å². The molecular formula is C69H110NP2Si4+. The Morgan fingerprint density at radius 1 is 0.342 bits per heavy atom. The van der Waals surface area contributed by atoms with Crippen molar-refractivity contribution < 1.29 is 0 Å². The molecule has 6 rings (SSSR count). The van der Waals surface area contributed by atoms with Crippen molar-refractivity contribution in [2.24, 2.45) is 0 Å². The van der Waals surface area contributed by atoms with E-state index in [1.54, 1.807) is 53.1 Å². The van der Waals surface area contributed by atoms with E-state index in [0.29, 0.717) is 5.66 Å². The van der Waals surface area contributed by atoms with E-state index in [9.17, 15) is 0 Å². The van der Waals surface area contributed by atoms with Crippen molar-refractivity contribution in [1.29, 1.82) is 0 Å². The third kappa shape index (κ3) is 14.1. The predicted octanol–water partition coefficient (Wildman–Crippen LogP) is 17.9. The van der Waals surface area contributed by atoms with Crippen LogP contribution in [0.25, 0.3) is 0 Å². The Balaban J connectivity index is 1.81. The van der Waals surface area contributed by atoms with Crippen molar-refractivity contribution in [2.45, 2.75) is 251 Å². The van der Waals surface area contributed by atoms with Crippen LogP contribution in [0.5, 0.6) is 0 Å². The van der Waals surface area contributed by atoms with E-state index in [1.165, 1.54) is 150 Å². The summed E-state index contributed by atoms with van der Waals surface area (Å²) in [5.74, 6) is 0. The van der Waals surface area contributed by atoms with Crippen LogP contribution in [-0.4, -0.2) is 38.0 Å². The average molecular weight is 1130 g/mol. The van der Waals surface area contributed by atoms with Crippen molar-refractivity contribution in [3.05, 3.63) is 132 Å². The summed E-state index contributed by atoms with van der Waals surface area (Å²) in [6.45, 7) is 29.7. The van der Waals surface area contributed by atoms with Gasteiger partial charge in [-0.1, -0.05) is 350 Å². The zero-order chi connectivity index (χ0) is 54.7. The lowest BCUT2D eigenvalue weighted by Crippen LogP contribution is -2.51. The minimum Gasteiger partial charge on any atom is -0.154 e. The van der Waals surface area contributed by atoms with Crippen molar-refractivity contribution >= 4 is 89.7 Å². The van der Waals surface area contributed by atoms with Gasteiger partial charge in [-0.3, -0.25) is 0 Å². The van der Waals surface area contributed by atoms with Gasteiger partial charge in [0.15, 0.2) is 7.41 Å². The van der Waals surface area contributed by atoms with Crippen LogP contribution >= 0.6 is 15.5 Å². The first-order valence-corrected chi connectivity index (χ1v) is 45.6. The lowest BCUT2D eigenvalue weighted by atomic mass is 10.1. The van der Waals surface area contributed by atoms with Crippen LogP contribution in [0.15, 0.2) is 121 Å². The normalized spacial score (nSPS) is 13.8. The molecule has 0 saturated heterocycles. The van der Waals surface area contributed by atoms with Crippen LogP contribution in [-0.2, 0) is 12.8 Å². The Hall–Kier alpha value is -2.21. The molecule has 0 aliphatic heterocycles. The minimum absolute atomic E-state index is 0.452. The molecule has 0 amide bonds. The number of hydrogen-bond acceptors (Lipinski definition) is 1. The van der Waals surface area contributed by atoms with Crippen LogP contribution in [0.4, 0.5) is 0 Å². The molecule has 76 heavy (non-hydrogen) atoms. The second kappa shape index (κ2) is 30.6. The third-order valence-electron chi connectivity index (χ3n) is 18.7. The fourth-order valence-corrected chi connectivity index (χ4v) is 46.6. The van der Waals surface area contributed by atoms with Gasteiger partial charge in [0.1, 0.15) is 16.3 Å². The molecule has 7 heteroatoms. The van der Waals surface area contributed by atoms with Gasteiger partial charge in [-0.2, -0.15) is 4.86 Å². The molecule has 416 valence electrons. The molecule has 0 heterocycles. The highest BCUT2D eigenvalue weighted by Gasteiger charge is 2.55. The SMILES string of the molecule is CCC[Si](CCC)(CCC)c1cccc(P(N[P+](c2cccc([Si](CCC)(CCC)CCC)c2)(c2cccc([Si](CCC)(CCC)CCC)c2)C2Cc3ccccc3C2)c2cccc([Si](CCC)(CCC)CCC)c2)c1. The highest BCUT2D eigenvalue weighted by atomic mass is 31.2. The summed E-state index contributed by atoms with van der Waals surface area (Å²) in [6, 6.07) is 69.2. The van der Waals surface area contributed by atoms with Crippen molar-refractivity contribution in [2.75, 3.05) is 0 Å². The fraction of sp³-hybridized carbons (Fsp3) is 0.565. The summed E-state index contributed by atoms with van der Waals surface area (Å²) < 4.78 is 0. The summed E-state index contributed by atoms with van der Waals surface area (Å²) in [5.41, 5.74) is 3.62. The maximum atomic E-state index is 5.25. The molecule has 0 saturated carbocycles. The topological polar surface area (TPSA) is 12.0 Å². The van der Waals surface area contributed by atoms with Crippen LogP contribution in [0.2, 0.25) is 72.5 Å². The molecule has 0 spiro atoms. The Morgan fingerprint density at radius 2 is 0.605 bits per heavy atom. The van der Waals surface area contributed by atoms with Crippen molar-refractivity contribution in [1.82, 2.24) is 4.86 Å². The number of benzene rings is 5.